The highest BCUT2D eigenvalue weighted by Gasteiger charge is 2.34. The number of nitrogens with zero attached hydrogens (tertiary/aromatic N) is 2. The van der Waals surface area contributed by atoms with Crippen molar-refractivity contribution >= 4 is 28.3 Å². The van der Waals surface area contributed by atoms with Gasteiger partial charge in [0.05, 0.1) is 23.1 Å². The summed E-state index contributed by atoms with van der Waals surface area (Å²) in [7, 11) is 0. The Hall–Kier alpha value is -4.45. The second kappa shape index (κ2) is 12.4. The minimum atomic E-state index is -4.89. The molecule has 0 aliphatic rings. The van der Waals surface area contributed by atoms with Crippen LogP contribution >= 0.6 is 0 Å². The molecule has 0 atom stereocenters. The molecule has 0 unspecified atom stereocenters. The van der Waals surface area contributed by atoms with Crippen molar-refractivity contribution in [1.29, 1.82) is 0 Å². The van der Waals surface area contributed by atoms with E-state index in [9.17, 15) is 22.4 Å². The van der Waals surface area contributed by atoms with Crippen LogP contribution in [-0.2, 0) is 10.9 Å². The highest BCUT2D eigenvalue weighted by atomic mass is 19.4. The molecule has 0 saturated heterocycles. The maximum absolute atomic E-state index is 13.4. The summed E-state index contributed by atoms with van der Waals surface area (Å²) in [5.41, 5.74) is -0.709. The molecule has 4 aromatic rings. The molecule has 1 heterocycles. The van der Waals surface area contributed by atoms with Crippen LogP contribution in [0.5, 0.6) is 17.4 Å². The SMILES string of the molecule is CCOCCCOc1ccc2c(Oc3ccc(NC(=O)Nc4ccc(F)c(C(F)(F)F)c4)cc3)ncnc2c1. The fourth-order valence-corrected chi connectivity index (χ4v) is 3.51. The highest BCUT2D eigenvalue weighted by molar-refractivity contribution is 5.99. The van der Waals surface area contributed by atoms with Gasteiger partial charge in [-0.15, -0.1) is 0 Å². The van der Waals surface area contributed by atoms with Crippen LogP contribution in [0.15, 0.2) is 67.0 Å². The van der Waals surface area contributed by atoms with Gasteiger partial charge in [0.2, 0.25) is 5.88 Å². The summed E-state index contributed by atoms with van der Waals surface area (Å²) < 4.78 is 69.1. The first kappa shape index (κ1) is 27.6. The van der Waals surface area contributed by atoms with Gasteiger partial charge in [0.1, 0.15) is 23.6 Å². The predicted molar refractivity (Wildman–Crippen MR) is 137 cm³/mol. The molecule has 0 fully saturated rings. The van der Waals surface area contributed by atoms with Crippen LogP contribution in [0.4, 0.5) is 33.7 Å². The number of carbonyl (C=O) groups excluding carboxylic acids is 1. The number of rotatable bonds is 10. The first-order chi connectivity index (χ1) is 18.7. The first-order valence-electron chi connectivity index (χ1n) is 11.9. The quantitative estimate of drug-likeness (QED) is 0.164. The zero-order valence-electron chi connectivity index (χ0n) is 20.7. The molecule has 0 aliphatic carbocycles. The summed E-state index contributed by atoms with van der Waals surface area (Å²) >= 11 is 0. The number of hydrogen-bond acceptors (Lipinski definition) is 6. The van der Waals surface area contributed by atoms with Crippen molar-refractivity contribution in [2.45, 2.75) is 19.5 Å². The monoisotopic (exact) mass is 544 g/mol. The maximum atomic E-state index is 13.4. The van der Waals surface area contributed by atoms with Crippen LogP contribution in [0.2, 0.25) is 0 Å². The lowest BCUT2D eigenvalue weighted by Gasteiger charge is -2.12. The van der Waals surface area contributed by atoms with E-state index in [1.54, 1.807) is 30.3 Å². The van der Waals surface area contributed by atoms with Crippen molar-refractivity contribution < 1.29 is 36.6 Å². The predicted octanol–water partition coefficient (Wildman–Crippen LogP) is 7.03. The summed E-state index contributed by atoms with van der Waals surface area (Å²) in [5.74, 6) is -0.0288. The Morgan fingerprint density at radius 1 is 0.897 bits per heavy atom. The van der Waals surface area contributed by atoms with Crippen LogP contribution in [0, 0.1) is 5.82 Å². The number of carbonyl (C=O) groups is 1. The molecule has 0 spiro atoms. The minimum Gasteiger partial charge on any atom is -0.493 e. The lowest BCUT2D eigenvalue weighted by atomic mass is 10.2. The molecule has 0 saturated carbocycles. The molecule has 204 valence electrons. The molecule has 2 amide bonds. The average Bonchev–Trinajstić information content (AvgIpc) is 2.90. The summed E-state index contributed by atoms with van der Waals surface area (Å²) in [6.45, 7) is 3.74. The van der Waals surface area contributed by atoms with Crippen LogP contribution in [-0.4, -0.2) is 35.8 Å². The van der Waals surface area contributed by atoms with Gasteiger partial charge < -0.3 is 24.8 Å². The number of halogens is 4. The van der Waals surface area contributed by atoms with Crippen LogP contribution < -0.4 is 20.1 Å². The van der Waals surface area contributed by atoms with E-state index in [4.69, 9.17) is 14.2 Å². The van der Waals surface area contributed by atoms with Gasteiger partial charge in [0, 0.05) is 37.1 Å². The molecular formula is C27H24F4N4O4. The topological polar surface area (TPSA) is 94.6 Å². The summed E-state index contributed by atoms with van der Waals surface area (Å²) in [4.78, 5) is 20.7. The second-order valence-corrected chi connectivity index (χ2v) is 8.15. The number of nitrogens with one attached hydrogen (secondary N) is 2. The number of hydrogen-bond donors (Lipinski definition) is 2. The molecule has 3 aromatic carbocycles. The molecule has 2 N–H and O–H groups in total. The van der Waals surface area contributed by atoms with Crippen molar-refractivity contribution in [2.24, 2.45) is 0 Å². The summed E-state index contributed by atoms with van der Waals surface area (Å²) in [6.07, 6.45) is -2.75. The van der Waals surface area contributed by atoms with Crippen molar-refractivity contribution in [3.63, 3.8) is 0 Å². The van der Waals surface area contributed by atoms with E-state index in [1.165, 1.54) is 18.5 Å². The summed E-state index contributed by atoms with van der Waals surface area (Å²) in [5, 5.41) is 5.40. The van der Waals surface area contributed by atoms with Gasteiger partial charge in [0.15, 0.2) is 0 Å². The largest absolute Gasteiger partial charge is 0.493 e. The molecule has 0 bridgehead atoms. The number of anilines is 2. The molecule has 12 heteroatoms. The Bertz CT molecular complexity index is 1430. The normalized spacial score (nSPS) is 11.3. The lowest BCUT2D eigenvalue weighted by Crippen LogP contribution is -2.20. The van der Waals surface area contributed by atoms with E-state index in [0.29, 0.717) is 65.9 Å². The standard InChI is InChI=1S/C27H24F4N4O4/c1-2-37-12-3-13-38-20-9-10-21-24(15-20)32-16-33-25(21)39-19-7-4-17(5-8-19)34-26(36)35-18-6-11-23(28)22(14-18)27(29,30)31/h4-11,14-16H,2-3,12-13H2,1H3,(H2,34,35,36). The molecule has 8 nitrogen and oxygen atoms in total. The third kappa shape index (κ3) is 7.54. The Balaban J connectivity index is 1.36. The van der Waals surface area contributed by atoms with Gasteiger partial charge in [0.25, 0.3) is 0 Å². The van der Waals surface area contributed by atoms with Crippen LogP contribution in [0.1, 0.15) is 18.9 Å². The number of ether oxygens (including phenoxy) is 3. The fourth-order valence-electron chi connectivity index (χ4n) is 3.51. The highest BCUT2D eigenvalue weighted by Crippen LogP contribution is 2.33. The fraction of sp³-hybridized carbons (Fsp3) is 0.222. The third-order valence-corrected chi connectivity index (χ3v) is 5.33. The molecule has 0 radical (unpaired) electrons. The molecular weight excluding hydrogens is 520 g/mol. The Morgan fingerprint density at radius 3 is 2.36 bits per heavy atom. The third-order valence-electron chi connectivity index (χ3n) is 5.33. The van der Waals surface area contributed by atoms with E-state index in [1.807, 2.05) is 6.92 Å². The zero-order chi connectivity index (χ0) is 27.8. The van der Waals surface area contributed by atoms with E-state index < -0.39 is 23.6 Å². The number of aromatic nitrogens is 2. The summed E-state index contributed by atoms with van der Waals surface area (Å²) in [6, 6.07) is 13.0. The van der Waals surface area contributed by atoms with Crippen LogP contribution in [0.25, 0.3) is 10.9 Å². The molecule has 1 aromatic heterocycles. The van der Waals surface area contributed by atoms with E-state index in [-0.39, 0.29) is 5.69 Å². The van der Waals surface area contributed by atoms with E-state index >= 15 is 0 Å². The number of urea groups is 1. The van der Waals surface area contributed by atoms with Gasteiger partial charge in [-0.25, -0.2) is 19.2 Å². The smallest absolute Gasteiger partial charge is 0.419 e. The van der Waals surface area contributed by atoms with Crippen molar-refractivity contribution in [1.82, 2.24) is 9.97 Å². The van der Waals surface area contributed by atoms with Crippen molar-refractivity contribution in [3.8, 4) is 17.4 Å². The van der Waals surface area contributed by atoms with Crippen molar-refractivity contribution in [2.75, 3.05) is 30.5 Å². The van der Waals surface area contributed by atoms with Crippen LogP contribution in [0.3, 0.4) is 0 Å². The van der Waals surface area contributed by atoms with E-state index in [2.05, 4.69) is 20.6 Å². The molecule has 4 rings (SSSR count). The molecule has 39 heavy (non-hydrogen) atoms. The average molecular weight is 545 g/mol. The number of alkyl halides is 3. The Kier molecular flexibility index (Phi) is 8.77. The van der Waals surface area contributed by atoms with Gasteiger partial charge in [-0.3, -0.25) is 0 Å². The van der Waals surface area contributed by atoms with Gasteiger partial charge in [-0.1, -0.05) is 0 Å². The van der Waals surface area contributed by atoms with Gasteiger partial charge >= 0.3 is 12.2 Å². The molecule has 0 aliphatic heterocycles. The Labute approximate surface area is 220 Å². The van der Waals surface area contributed by atoms with E-state index in [0.717, 1.165) is 12.5 Å². The lowest BCUT2D eigenvalue weighted by molar-refractivity contribution is -0.139. The Morgan fingerprint density at radius 2 is 1.62 bits per heavy atom. The second-order valence-electron chi connectivity index (χ2n) is 8.15. The maximum Gasteiger partial charge on any atom is 0.419 e. The number of amides is 2. The van der Waals surface area contributed by atoms with Gasteiger partial charge in [-0.05, 0) is 61.5 Å². The number of fused-ring (bicyclic) bond motifs is 1. The first-order valence-corrected chi connectivity index (χ1v) is 11.9. The minimum absolute atomic E-state index is 0.212. The van der Waals surface area contributed by atoms with Crippen molar-refractivity contribution in [3.05, 3.63) is 78.4 Å². The zero-order valence-corrected chi connectivity index (χ0v) is 20.7. The number of benzene rings is 3. The van der Waals surface area contributed by atoms with Gasteiger partial charge in [-0.2, -0.15) is 13.2 Å².